The molecule has 0 aliphatic carbocycles. The lowest BCUT2D eigenvalue weighted by molar-refractivity contribution is -0.121. The number of aromatic amines is 1. The van der Waals surface area contributed by atoms with Gasteiger partial charge in [0.1, 0.15) is 5.75 Å². The molecule has 0 spiro atoms. The molecule has 1 amide bonds. The molecule has 0 fully saturated rings. The van der Waals surface area contributed by atoms with Crippen LogP contribution in [0.4, 0.5) is 0 Å². The van der Waals surface area contributed by atoms with Gasteiger partial charge >= 0.3 is 0 Å². The zero-order valence-electron chi connectivity index (χ0n) is 14.9. The largest absolute Gasteiger partial charge is 0.496 e. The van der Waals surface area contributed by atoms with Crippen molar-refractivity contribution in [3.63, 3.8) is 0 Å². The summed E-state index contributed by atoms with van der Waals surface area (Å²) in [5.41, 5.74) is 4.43. The van der Waals surface area contributed by atoms with E-state index in [1.54, 1.807) is 7.11 Å². The maximum atomic E-state index is 12.4. The summed E-state index contributed by atoms with van der Waals surface area (Å²) in [5, 5.41) is 4.26. The zero-order chi connectivity index (χ0) is 17.8. The monoisotopic (exact) mass is 336 g/mol. The number of nitrogens with one attached hydrogen (secondary N) is 2. The van der Waals surface area contributed by atoms with E-state index in [2.05, 4.69) is 22.4 Å². The molecule has 0 radical (unpaired) electrons. The van der Waals surface area contributed by atoms with Crippen LogP contribution in [0.1, 0.15) is 36.1 Å². The smallest absolute Gasteiger partial charge is 0.220 e. The minimum Gasteiger partial charge on any atom is -0.496 e. The topological polar surface area (TPSA) is 54.1 Å². The number of methoxy groups -OCH3 is 1. The van der Waals surface area contributed by atoms with Gasteiger partial charge in [-0.15, -0.1) is 0 Å². The Bertz CT molecular complexity index is 882. The number of carbonyl (C=O) groups excluding carboxylic acids is 1. The summed E-state index contributed by atoms with van der Waals surface area (Å²) >= 11 is 0. The Morgan fingerprint density at radius 1 is 1.24 bits per heavy atom. The van der Waals surface area contributed by atoms with E-state index in [4.69, 9.17) is 4.74 Å². The molecule has 1 unspecified atom stereocenters. The number of amides is 1. The van der Waals surface area contributed by atoms with E-state index < -0.39 is 0 Å². The number of hydrogen-bond acceptors (Lipinski definition) is 2. The van der Waals surface area contributed by atoms with Crippen molar-refractivity contribution in [2.45, 2.75) is 32.7 Å². The molecule has 130 valence electrons. The van der Waals surface area contributed by atoms with Gasteiger partial charge in [-0.2, -0.15) is 0 Å². The lowest BCUT2D eigenvalue weighted by Crippen LogP contribution is -2.27. The van der Waals surface area contributed by atoms with Crippen LogP contribution in [-0.4, -0.2) is 18.0 Å². The average molecular weight is 336 g/mol. The highest BCUT2D eigenvalue weighted by Crippen LogP contribution is 2.26. The number of benzene rings is 2. The van der Waals surface area contributed by atoms with Gasteiger partial charge in [0.15, 0.2) is 0 Å². The van der Waals surface area contributed by atoms with E-state index in [9.17, 15) is 4.79 Å². The number of carbonyl (C=O) groups is 1. The van der Waals surface area contributed by atoms with Crippen molar-refractivity contribution in [3.05, 3.63) is 65.4 Å². The molecule has 25 heavy (non-hydrogen) atoms. The molecular formula is C21H24N2O2. The quantitative estimate of drug-likeness (QED) is 0.705. The third kappa shape index (κ3) is 3.85. The number of para-hydroxylation sites is 1. The van der Waals surface area contributed by atoms with Gasteiger partial charge < -0.3 is 15.0 Å². The second-order valence-corrected chi connectivity index (χ2v) is 6.39. The van der Waals surface area contributed by atoms with Crippen molar-refractivity contribution >= 4 is 16.8 Å². The van der Waals surface area contributed by atoms with E-state index in [1.165, 1.54) is 10.9 Å². The van der Waals surface area contributed by atoms with Gasteiger partial charge in [-0.3, -0.25) is 4.79 Å². The van der Waals surface area contributed by atoms with Crippen molar-refractivity contribution in [3.8, 4) is 5.75 Å². The van der Waals surface area contributed by atoms with Crippen molar-refractivity contribution < 1.29 is 9.53 Å². The third-order valence-electron chi connectivity index (χ3n) is 4.53. The van der Waals surface area contributed by atoms with Crippen LogP contribution in [0.15, 0.2) is 48.7 Å². The highest BCUT2D eigenvalue weighted by atomic mass is 16.5. The molecular weight excluding hydrogens is 312 g/mol. The predicted molar refractivity (Wildman–Crippen MR) is 101 cm³/mol. The molecule has 3 rings (SSSR count). The summed E-state index contributed by atoms with van der Waals surface area (Å²) in [7, 11) is 1.65. The molecule has 4 heteroatoms. The minimum absolute atomic E-state index is 0.0429. The fraction of sp³-hybridized carbons (Fsp3) is 0.286. The van der Waals surface area contributed by atoms with E-state index in [0.717, 1.165) is 22.4 Å². The highest BCUT2D eigenvalue weighted by Gasteiger charge is 2.15. The summed E-state index contributed by atoms with van der Waals surface area (Å²) in [4.78, 5) is 15.6. The molecule has 0 aliphatic heterocycles. The standard InChI is InChI=1S/C21H24N2O2/c1-14-8-10-20(25-3)18(12-14)15(2)23-21(24)11-9-16-13-22-19-7-5-4-6-17(16)19/h4-8,10,12-13,15,22H,9,11H2,1-3H3,(H,23,24). The minimum atomic E-state index is -0.0923. The number of aromatic nitrogens is 1. The van der Waals surface area contributed by atoms with Gasteiger partial charge in [0, 0.05) is 29.1 Å². The second-order valence-electron chi connectivity index (χ2n) is 6.39. The fourth-order valence-corrected chi connectivity index (χ4v) is 3.17. The van der Waals surface area contributed by atoms with Crippen LogP contribution in [0.5, 0.6) is 5.75 Å². The maximum Gasteiger partial charge on any atom is 0.220 e. The predicted octanol–water partition coefficient (Wildman–Crippen LogP) is 4.29. The Morgan fingerprint density at radius 3 is 2.84 bits per heavy atom. The summed E-state index contributed by atoms with van der Waals surface area (Å²) in [6, 6.07) is 14.1. The molecule has 0 saturated heterocycles. The van der Waals surface area contributed by atoms with Crippen molar-refractivity contribution in [2.75, 3.05) is 7.11 Å². The first-order chi connectivity index (χ1) is 12.1. The molecule has 1 heterocycles. The van der Waals surface area contributed by atoms with Gasteiger partial charge in [0.05, 0.1) is 13.2 Å². The molecule has 1 atom stereocenters. The van der Waals surface area contributed by atoms with Crippen LogP contribution in [0, 0.1) is 6.92 Å². The molecule has 0 saturated carbocycles. The first kappa shape index (κ1) is 17.1. The third-order valence-corrected chi connectivity index (χ3v) is 4.53. The second kappa shape index (κ2) is 7.43. The number of rotatable bonds is 6. The van der Waals surface area contributed by atoms with Gasteiger partial charge in [0.2, 0.25) is 5.91 Å². The summed E-state index contributed by atoms with van der Waals surface area (Å²) in [5.74, 6) is 0.844. The van der Waals surface area contributed by atoms with Gasteiger partial charge in [0.25, 0.3) is 0 Å². The van der Waals surface area contributed by atoms with Crippen LogP contribution < -0.4 is 10.1 Å². The van der Waals surface area contributed by atoms with Crippen molar-refractivity contribution in [1.29, 1.82) is 0 Å². The van der Waals surface area contributed by atoms with Crippen LogP contribution in [0.3, 0.4) is 0 Å². The molecule has 2 N–H and O–H groups in total. The summed E-state index contributed by atoms with van der Waals surface area (Å²) < 4.78 is 5.41. The Balaban J connectivity index is 1.63. The number of hydrogen-bond donors (Lipinski definition) is 2. The van der Waals surface area contributed by atoms with E-state index in [1.807, 2.05) is 50.4 Å². The van der Waals surface area contributed by atoms with E-state index >= 15 is 0 Å². The molecule has 0 bridgehead atoms. The summed E-state index contributed by atoms with van der Waals surface area (Å²) in [6.45, 7) is 4.02. The number of ether oxygens (including phenoxy) is 1. The number of fused-ring (bicyclic) bond motifs is 1. The first-order valence-corrected chi connectivity index (χ1v) is 8.57. The molecule has 1 aromatic heterocycles. The molecule has 2 aromatic carbocycles. The van der Waals surface area contributed by atoms with Crippen molar-refractivity contribution in [2.24, 2.45) is 0 Å². The highest BCUT2D eigenvalue weighted by molar-refractivity contribution is 5.84. The number of aryl methyl sites for hydroxylation is 2. The van der Waals surface area contributed by atoms with Gasteiger partial charge in [-0.1, -0.05) is 35.9 Å². The Kier molecular flexibility index (Phi) is 5.08. The SMILES string of the molecule is COc1ccc(C)cc1C(C)NC(=O)CCc1c[nH]c2ccccc12. The van der Waals surface area contributed by atoms with Crippen LogP contribution in [-0.2, 0) is 11.2 Å². The Morgan fingerprint density at radius 2 is 2.04 bits per heavy atom. The zero-order valence-corrected chi connectivity index (χ0v) is 14.9. The summed E-state index contributed by atoms with van der Waals surface area (Å²) in [6.07, 6.45) is 3.17. The average Bonchev–Trinajstić information content (AvgIpc) is 3.03. The van der Waals surface area contributed by atoms with Crippen LogP contribution in [0.25, 0.3) is 10.9 Å². The maximum absolute atomic E-state index is 12.4. The van der Waals surface area contributed by atoms with Gasteiger partial charge in [-0.25, -0.2) is 0 Å². The fourth-order valence-electron chi connectivity index (χ4n) is 3.17. The van der Waals surface area contributed by atoms with Crippen LogP contribution >= 0.6 is 0 Å². The first-order valence-electron chi connectivity index (χ1n) is 8.57. The van der Waals surface area contributed by atoms with Crippen LogP contribution in [0.2, 0.25) is 0 Å². The van der Waals surface area contributed by atoms with E-state index in [0.29, 0.717) is 12.8 Å². The van der Waals surface area contributed by atoms with Crippen molar-refractivity contribution in [1.82, 2.24) is 10.3 Å². The number of H-pyrrole nitrogens is 1. The van der Waals surface area contributed by atoms with Gasteiger partial charge in [-0.05, 0) is 38.0 Å². The molecule has 4 nitrogen and oxygen atoms in total. The lowest BCUT2D eigenvalue weighted by atomic mass is 10.0. The van der Waals surface area contributed by atoms with E-state index in [-0.39, 0.29) is 11.9 Å². The normalized spacial score (nSPS) is 12.1. The molecule has 3 aromatic rings. The molecule has 0 aliphatic rings. The lowest BCUT2D eigenvalue weighted by Gasteiger charge is -2.18. The Labute approximate surface area is 148 Å². The Hall–Kier alpha value is -2.75.